The number of ether oxygens (including phenoxy) is 1. The molecule has 0 heterocycles. The van der Waals surface area contributed by atoms with Gasteiger partial charge in [-0.1, -0.05) is 26.0 Å². The molecule has 5 nitrogen and oxygen atoms in total. The number of hydrogen-bond acceptors (Lipinski definition) is 3. The van der Waals surface area contributed by atoms with Crippen LogP contribution in [0.15, 0.2) is 23.2 Å². The fraction of sp³-hybridized carbons (Fsp3) is 0.611. The predicted octanol–water partition coefficient (Wildman–Crippen LogP) is 3.02. The number of halogens is 1. The van der Waals surface area contributed by atoms with Crippen LogP contribution in [-0.2, 0) is 6.54 Å². The molecule has 1 rings (SSSR count). The highest BCUT2D eigenvalue weighted by Gasteiger charge is 2.05. The number of benzene rings is 1. The Bertz CT molecular complexity index is 494. The largest absolute Gasteiger partial charge is 0.496 e. The SMILES string of the molecule is CCCN(CC)CCNC(=NC)NCc1ccc(C)cc1OC.I. The van der Waals surface area contributed by atoms with E-state index in [1.807, 2.05) is 0 Å². The highest BCUT2D eigenvalue weighted by atomic mass is 127. The molecule has 0 aliphatic rings. The number of aliphatic imine (C=N–C) groups is 1. The van der Waals surface area contributed by atoms with Crippen LogP contribution in [0.5, 0.6) is 5.75 Å². The van der Waals surface area contributed by atoms with E-state index in [9.17, 15) is 0 Å². The summed E-state index contributed by atoms with van der Waals surface area (Å²) in [4.78, 5) is 6.71. The van der Waals surface area contributed by atoms with E-state index in [4.69, 9.17) is 4.74 Å². The molecule has 1 aromatic rings. The number of methoxy groups -OCH3 is 1. The Morgan fingerprint density at radius 1 is 1.21 bits per heavy atom. The molecule has 2 N–H and O–H groups in total. The lowest BCUT2D eigenvalue weighted by molar-refractivity contribution is 0.293. The standard InChI is InChI=1S/C18H32N4O.HI/c1-6-11-22(7-2)12-10-20-18(19-4)21-14-16-9-8-15(3)13-17(16)23-5;/h8-9,13H,6-7,10-12,14H2,1-5H3,(H2,19,20,21);1H. The third-order valence-corrected chi connectivity index (χ3v) is 3.82. The van der Waals surface area contributed by atoms with Gasteiger partial charge in [-0.15, -0.1) is 24.0 Å². The van der Waals surface area contributed by atoms with E-state index in [1.54, 1.807) is 14.2 Å². The lowest BCUT2D eigenvalue weighted by atomic mass is 10.1. The van der Waals surface area contributed by atoms with Crippen molar-refractivity contribution in [1.29, 1.82) is 0 Å². The first-order valence-corrected chi connectivity index (χ1v) is 8.44. The zero-order chi connectivity index (χ0) is 17.1. The molecule has 0 atom stereocenters. The maximum absolute atomic E-state index is 5.44. The topological polar surface area (TPSA) is 48.9 Å². The fourth-order valence-electron chi connectivity index (χ4n) is 2.47. The van der Waals surface area contributed by atoms with Gasteiger partial charge in [0.15, 0.2) is 5.96 Å². The third-order valence-electron chi connectivity index (χ3n) is 3.82. The summed E-state index contributed by atoms with van der Waals surface area (Å²) in [7, 11) is 3.50. The Hall–Kier alpha value is -1.02. The monoisotopic (exact) mass is 448 g/mol. The molecule has 1 aromatic carbocycles. The minimum absolute atomic E-state index is 0. The van der Waals surface area contributed by atoms with Crippen LogP contribution < -0.4 is 15.4 Å². The van der Waals surface area contributed by atoms with E-state index in [2.05, 4.69) is 59.5 Å². The van der Waals surface area contributed by atoms with Gasteiger partial charge in [-0.2, -0.15) is 0 Å². The van der Waals surface area contributed by atoms with Gasteiger partial charge in [0.2, 0.25) is 0 Å². The maximum Gasteiger partial charge on any atom is 0.191 e. The van der Waals surface area contributed by atoms with E-state index in [1.165, 1.54) is 12.0 Å². The summed E-state index contributed by atoms with van der Waals surface area (Å²) in [6, 6.07) is 6.24. The summed E-state index contributed by atoms with van der Waals surface area (Å²) in [5.41, 5.74) is 2.32. The maximum atomic E-state index is 5.44. The molecule has 0 unspecified atom stereocenters. The first-order valence-electron chi connectivity index (χ1n) is 8.44. The summed E-state index contributed by atoms with van der Waals surface area (Å²) in [6.07, 6.45) is 1.19. The zero-order valence-electron chi connectivity index (χ0n) is 15.7. The molecule has 138 valence electrons. The molecule has 0 spiro atoms. The second-order valence-electron chi connectivity index (χ2n) is 5.60. The normalized spacial score (nSPS) is 11.2. The number of rotatable bonds is 9. The molecule has 0 fully saturated rings. The molecule has 0 aliphatic carbocycles. The van der Waals surface area contributed by atoms with E-state index < -0.39 is 0 Å². The minimum atomic E-state index is 0. The lowest BCUT2D eigenvalue weighted by Crippen LogP contribution is -2.41. The van der Waals surface area contributed by atoms with Gasteiger partial charge in [0.1, 0.15) is 5.75 Å². The Balaban J connectivity index is 0.00000529. The van der Waals surface area contributed by atoms with Gasteiger partial charge < -0.3 is 20.3 Å². The quantitative estimate of drug-likeness (QED) is 0.347. The first-order chi connectivity index (χ1) is 11.1. The molecule has 0 saturated heterocycles. The molecule has 0 amide bonds. The molecule has 0 bridgehead atoms. The number of nitrogens with one attached hydrogen (secondary N) is 2. The van der Waals surface area contributed by atoms with Gasteiger partial charge in [-0.3, -0.25) is 4.99 Å². The van der Waals surface area contributed by atoms with Crippen LogP contribution in [0.25, 0.3) is 0 Å². The number of nitrogens with zero attached hydrogens (tertiary/aromatic N) is 2. The summed E-state index contributed by atoms with van der Waals surface area (Å²) in [6.45, 7) is 11.3. The second kappa shape index (κ2) is 13.3. The van der Waals surface area contributed by atoms with Gasteiger partial charge in [-0.05, 0) is 38.1 Å². The van der Waals surface area contributed by atoms with Gasteiger partial charge >= 0.3 is 0 Å². The molecular formula is C18H33IN4O. The highest BCUT2D eigenvalue weighted by Crippen LogP contribution is 2.19. The molecule has 0 saturated carbocycles. The number of guanidine groups is 1. The van der Waals surface area contributed by atoms with Crippen LogP contribution in [0.2, 0.25) is 0 Å². The number of hydrogen-bond donors (Lipinski definition) is 2. The lowest BCUT2D eigenvalue weighted by Gasteiger charge is -2.20. The number of aryl methyl sites for hydroxylation is 1. The van der Waals surface area contributed by atoms with Gasteiger partial charge in [0.05, 0.1) is 7.11 Å². The van der Waals surface area contributed by atoms with Crippen LogP contribution in [0.4, 0.5) is 0 Å². The molecule has 0 aromatic heterocycles. The van der Waals surface area contributed by atoms with Crippen LogP contribution in [0.1, 0.15) is 31.4 Å². The Kier molecular flexibility index (Phi) is 12.7. The van der Waals surface area contributed by atoms with Crippen LogP contribution >= 0.6 is 24.0 Å². The minimum Gasteiger partial charge on any atom is -0.496 e. The summed E-state index contributed by atoms with van der Waals surface area (Å²) < 4.78 is 5.44. The van der Waals surface area contributed by atoms with Gasteiger partial charge in [0.25, 0.3) is 0 Å². The van der Waals surface area contributed by atoms with E-state index in [0.717, 1.165) is 43.5 Å². The summed E-state index contributed by atoms with van der Waals surface area (Å²) in [5.74, 6) is 1.73. The summed E-state index contributed by atoms with van der Waals surface area (Å²) >= 11 is 0. The van der Waals surface area contributed by atoms with Crippen molar-refractivity contribution in [2.24, 2.45) is 4.99 Å². The van der Waals surface area contributed by atoms with Gasteiger partial charge in [-0.25, -0.2) is 0 Å². The molecular weight excluding hydrogens is 415 g/mol. The average molecular weight is 448 g/mol. The van der Waals surface area contributed by atoms with Crippen LogP contribution in [0, 0.1) is 6.92 Å². The fourth-order valence-corrected chi connectivity index (χ4v) is 2.47. The third kappa shape index (κ3) is 8.19. The van der Waals surface area contributed by atoms with Crippen LogP contribution in [0.3, 0.4) is 0 Å². The van der Waals surface area contributed by atoms with Crippen LogP contribution in [-0.4, -0.2) is 51.2 Å². The summed E-state index contributed by atoms with van der Waals surface area (Å²) in [5, 5.41) is 6.71. The van der Waals surface area contributed by atoms with Crippen molar-refractivity contribution in [2.75, 3.05) is 40.3 Å². The second-order valence-corrected chi connectivity index (χ2v) is 5.60. The molecule has 0 aliphatic heterocycles. The van der Waals surface area contributed by atoms with E-state index in [-0.39, 0.29) is 24.0 Å². The Morgan fingerprint density at radius 2 is 1.96 bits per heavy atom. The Morgan fingerprint density at radius 3 is 2.54 bits per heavy atom. The van der Waals surface area contributed by atoms with Crippen molar-refractivity contribution in [3.8, 4) is 5.75 Å². The van der Waals surface area contributed by atoms with Crippen molar-refractivity contribution in [1.82, 2.24) is 15.5 Å². The van der Waals surface area contributed by atoms with E-state index >= 15 is 0 Å². The van der Waals surface area contributed by atoms with Gasteiger partial charge in [0, 0.05) is 32.2 Å². The smallest absolute Gasteiger partial charge is 0.191 e. The zero-order valence-corrected chi connectivity index (χ0v) is 18.0. The van der Waals surface area contributed by atoms with Crippen molar-refractivity contribution in [2.45, 2.75) is 33.7 Å². The average Bonchev–Trinajstić information content (AvgIpc) is 2.57. The van der Waals surface area contributed by atoms with Crippen molar-refractivity contribution >= 4 is 29.9 Å². The first kappa shape index (κ1) is 23.0. The molecule has 6 heteroatoms. The van der Waals surface area contributed by atoms with Crippen molar-refractivity contribution in [3.63, 3.8) is 0 Å². The molecule has 24 heavy (non-hydrogen) atoms. The van der Waals surface area contributed by atoms with Crippen molar-refractivity contribution < 1.29 is 4.74 Å². The van der Waals surface area contributed by atoms with Crippen molar-refractivity contribution in [3.05, 3.63) is 29.3 Å². The molecule has 0 radical (unpaired) electrons. The number of likely N-dealkylation sites (N-methyl/N-ethyl adjacent to an activating group) is 1. The highest BCUT2D eigenvalue weighted by molar-refractivity contribution is 14.0. The van der Waals surface area contributed by atoms with E-state index in [0.29, 0.717) is 6.54 Å². The predicted molar refractivity (Wildman–Crippen MR) is 114 cm³/mol. The Labute approximate surface area is 164 Å².